The summed E-state index contributed by atoms with van der Waals surface area (Å²) in [6.07, 6.45) is 0. The first kappa shape index (κ1) is 24.0. The number of benzene rings is 3. The summed E-state index contributed by atoms with van der Waals surface area (Å²) in [4.78, 5) is 2.15. The molecule has 1 heterocycles. The smallest absolute Gasteiger partial charge is 0.204 e. The lowest BCUT2D eigenvalue weighted by Crippen LogP contribution is -2.22. The highest BCUT2D eigenvalue weighted by atomic mass is 35.5. The maximum atomic E-state index is 6.12. The fourth-order valence-electron chi connectivity index (χ4n) is 3.85. The average molecular weight is 495 g/mol. The Morgan fingerprint density at radius 3 is 2.38 bits per heavy atom. The molecular weight excluding hydrogens is 468 g/mol. The minimum absolute atomic E-state index is 0.520. The van der Waals surface area contributed by atoms with E-state index < -0.39 is 0 Å². The summed E-state index contributed by atoms with van der Waals surface area (Å²) in [6.45, 7) is 3.28. The van der Waals surface area contributed by atoms with Gasteiger partial charge in [0.05, 0.1) is 26.6 Å². The van der Waals surface area contributed by atoms with Crippen LogP contribution in [0.2, 0.25) is 5.02 Å². The number of aromatic nitrogens is 3. The molecule has 4 aromatic rings. The highest BCUT2D eigenvalue weighted by molar-refractivity contribution is 7.71. The molecule has 0 bridgehead atoms. The largest absolute Gasteiger partial charge is 0.493 e. The monoisotopic (exact) mass is 494 g/mol. The van der Waals surface area contributed by atoms with Crippen molar-refractivity contribution in [3.63, 3.8) is 0 Å². The van der Waals surface area contributed by atoms with Crippen molar-refractivity contribution < 1.29 is 9.47 Å². The van der Waals surface area contributed by atoms with Gasteiger partial charge in [-0.05, 0) is 85.8 Å². The van der Waals surface area contributed by atoms with E-state index in [1.54, 1.807) is 14.2 Å². The number of hydrogen-bond donors (Lipinski definition) is 0. The molecule has 0 fully saturated rings. The van der Waals surface area contributed by atoms with Gasteiger partial charge in [0.2, 0.25) is 4.77 Å². The molecular formula is C26H27ClN4O2S. The molecule has 0 atom stereocenters. The molecule has 0 unspecified atom stereocenters. The van der Waals surface area contributed by atoms with Gasteiger partial charge in [-0.3, -0.25) is 9.47 Å². The average Bonchev–Trinajstić information content (AvgIpc) is 3.15. The van der Waals surface area contributed by atoms with E-state index >= 15 is 0 Å². The van der Waals surface area contributed by atoms with E-state index in [-0.39, 0.29) is 0 Å². The Balaban J connectivity index is 1.68. The van der Waals surface area contributed by atoms with Gasteiger partial charge in [-0.2, -0.15) is 0 Å². The van der Waals surface area contributed by atoms with Crippen LogP contribution in [0.25, 0.3) is 17.1 Å². The summed E-state index contributed by atoms with van der Waals surface area (Å²) in [6, 6.07) is 21.8. The number of aryl methyl sites for hydroxylation is 1. The van der Waals surface area contributed by atoms with Crippen molar-refractivity contribution in [2.24, 2.45) is 0 Å². The van der Waals surface area contributed by atoms with Gasteiger partial charge in [-0.1, -0.05) is 29.8 Å². The van der Waals surface area contributed by atoms with E-state index in [0.29, 0.717) is 34.5 Å². The quantitative estimate of drug-likeness (QED) is 0.275. The number of hydrogen-bond acceptors (Lipinski definition) is 5. The Morgan fingerprint density at radius 1 is 0.971 bits per heavy atom. The molecule has 0 aliphatic rings. The zero-order valence-electron chi connectivity index (χ0n) is 19.7. The summed E-state index contributed by atoms with van der Waals surface area (Å²) in [7, 11) is 5.31. The molecule has 3 aromatic carbocycles. The van der Waals surface area contributed by atoms with Crippen molar-refractivity contribution in [3.8, 4) is 28.6 Å². The van der Waals surface area contributed by atoms with Gasteiger partial charge in [0.15, 0.2) is 17.3 Å². The summed E-state index contributed by atoms with van der Waals surface area (Å²) >= 11 is 12.0. The third-order valence-electron chi connectivity index (χ3n) is 5.48. The topological polar surface area (TPSA) is 44.5 Å². The van der Waals surface area contributed by atoms with Crippen LogP contribution >= 0.6 is 23.8 Å². The number of methoxy groups -OCH3 is 2. The van der Waals surface area contributed by atoms with Crippen molar-refractivity contribution in [2.75, 3.05) is 21.3 Å². The minimum Gasteiger partial charge on any atom is -0.493 e. The first-order valence-electron chi connectivity index (χ1n) is 10.8. The fraction of sp³-hybridized carbons (Fsp3) is 0.231. The van der Waals surface area contributed by atoms with Crippen LogP contribution in [0.5, 0.6) is 11.5 Å². The lowest BCUT2D eigenvalue weighted by atomic mass is 10.2. The van der Waals surface area contributed by atoms with Gasteiger partial charge >= 0.3 is 0 Å². The Bertz CT molecular complexity index is 1350. The van der Waals surface area contributed by atoms with E-state index in [2.05, 4.69) is 24.0 Å². The molecule has 8 heteroatoms. The second-order valence-corrected chi connectivity index (χ2v) is 8.93. The molecule has 0 spiro atoms. The Hall–Kier alpha value is -3.13. The Kier molecular flexibility index (Phi) is 7.36. The molecule has 0 radical (unpaired) electrons. The van der Waals surface area contributed by atoms with Gasteiger partial charge in [0.25, 0.3) is 0 Å². The van der Waals surface area contributed by atoms with Gasteiger partial charge in [-0.25, -0.2) is 4.68 Å². The van der Waals surface area contributed by atoms with Gasteiger partial charge in [0.1, 0.15) is 0 Å². The van der Waals surface area contributed by atoms with Crippen LogP contribution in [0.4, 0.5) is 0 Å². The molecule has 0 aliphatic carbocycles. The molecule has 1 aromatic heterocycles. The summed E-state index contributed by atoms with van der Waals surface area (Å²) in [5.74, 6) is 2.19. The highest BCUT2D eigenvalue weighted by Gasteiger charge is 2.16. The number of rotatable bonds is 8. The molecule has 0 aliphatic heterocycles. The zero-order valence-corrected chi connectivity index (χ0v) is 21.2. The standard InChI is InChI=1S/C26H27ClN4O2S/c1-18-6-5-7-22(14-18)31-25(20-9-11-21(27)12-10-20)28-30(26(31)34)17-29(2)16-19-8-13-23(32-3)24(15-19)33-4/h5-15H,16-17H2,1-4H3. The number of ether oxygens (including phenoxy) is 2. The van der Waals surface area contributed by atoms with Crippen LogP contribution in [0.3, 0.4) is 0 Å². The Morgan fingerprint density at radius 2 is 1.71 bits per heavy atom. The van der Waals surface area contributed by atoms with Crippen molar-refractivity contribution in [1.82, 2.24) is 19.2 Å². The van der Waals surface area contributed by atoms with Crippen LogP contribution in [0, 0.1) is 11.7 Å². The summed E-state index contributed by atoms with van der Waals surface area (Å²) in [5, 5.41) is 5.58. The maximum absolute atomic E-state index is 6.12. The van der Waals surface area contributed by atoms with E-state index in [0.717, 1.165) is 28.2 Å². The molecule has 34 heavy (non-hydrogen) atoms. The first-order valence-corrected chi connectivity index (χ1v) is 11.6. The van der Waals surface area contributed by atoms with Gasteiger partial charge in [0, 0.05) is 17.1 Å². The first-order chi connectivity index (χ1) is 16.4. The van der Waals surface area contributed by atoms with Crippen molar-refractivity contribution >= 4 is 23.8 Å². The van der Waals surface area contributed by atoms with Gasteiger partial charge in [-0.15, -0.1) is 5.10 Å². The molecule has 0 saturated heterocycles. The molecule has 0 N–H and O–H groups in total. The van der Waals surface area contributed by atoms with Crippen molar-refractivity contribution in [2.45, 2.75) is 20.1 Å². The van der Waals surface area contributed by atoms with Gasteiger partial charge < -0.3 is 9.47 Å². The second-order valence-electron chi connectivity index (χ2n) is 8.13. The lowest BCUT2D eigenvalue weighted by molar-refractivity contribution is 0.243. The fourth-order valence-corrected chi connectivity index (χ4v) is 4.27. The highest BCUT2D eigenvalue weighted by Crippen LogP contribution is 2.28. The van der Waals surface area contributed by atoms with E-state index in [1.165, 1.54) is 0 Å². The third kappa shape index (κ3) is 5.17. The van der Waals surface area contributed by atoms with Crippen LogP contribution in [-0.4, -0.2) is 40.5 Å². The van der Waals surface area contributed by atoms with E-state index in [4.69, 9.17) is 38.4 Å². The summed E-state index contributed by atoms with van der Waals surface area (Å²) < 4.78 is 15.3. The Labute approximate surface area is 209 Å². The van der Waals surface area contributed by atoms with Crippen molar-refractivity contribution in [1.29, 1.82) is 0 Å². The number of nitrogens with zero attached hydrogens (tertiary/aromatic N) is 4. The van der Waals surface area contributed by atoms with Crippen LogP contribution < -0.4 is 9.47 Å². The normalized spacial score (nSPS) is 11.1. The predicted octanol–water partition coefficient (Wildman–Crippen LogP) is 6.14. The maximum Gasteiger partial charge on any atom is 0.204 e. The molecule has 0 amide bonds. The van der Waals surface area contributed by atoms with Crippen LogP contribution in [0.15, 0.2) is 66.7 Å². The molecule has 176 valence electrons. The SMILES string of the molecule is COc1ccc(CN(C)Cn2nc(-c3ccc(Cl)cc3)n(-c3cccc(C)c3)c2=S)cc1OC. The van der Waals surface area contributed by atoms with E-state index in [1.807, 2.05) is 70.9 Å². The second kappa shape index (κ2) is 10.4. The van der Waals surface area contributed by atoms with Crippen LogP contribution in [-0.2, 0) is 13.2 Å². The molecule has 4 rings (SSSR count). The van der Waals surface area contributed by atoms with E-state index in [9.17, 15) is 0 Å². The zero-order chi connectivity index (χ0) is 24.2. The predicted molar refractivity (Wildman–Crippen MR) is 139 cm³/mol. The van der Waals surface area contributed by atoms with Crippen molar-refractivity contribution in [3.05, 3.63) is 87.7 Å². The minimum atomic E-state index is 0.520. The van der Waals surface area contributed by atoms with Crippen LogP contribution in [0.1, 0.15) is 11.1 Å². The molecule has 0 saturated carbocycles. The summed E-state index contributed by atoms with van der Waals surface area (Å²) in [5.41, 5.74) is 4.17. The third-order valence-corrected chi connectivity index (χ3v) is 6.12. The molecule has 6 nitrogen and oxygen atoms in total. The lowest BCUT2D eigenvalue weighted by Gasteiger charge is -2.17. The number of halogens is 1.